The molecule has 108 valence electrons. The minimum absolute atomic E-state index is 0.113. The molecule has 0 aliphatic rings. The van der Waals surface area contributed by atoms with Gasteiger partial charge in [-0.2, -0.15) is 13.2 Å². The minimum Gasteiger partial charge on any atom is -0.387 e. The van der Waals surface area contributed by atoms with Crippen LogP contribution in [0.3, 0.4) is 0 Å². The number of aliphatic hydroxyl groups is 1. The van der Waals surface area contributed by atoms with Crippen LogP contribution in [-0.4, -0.2) is 16.8 Å². The zero-order chi connectivity index (χ0) is 14.6. The normalized spacial score (nSPS) is 13.4. The van der Waals surface area contributed by atoms with Crippen molar-refractivity contribution in [3.8, 4) is 0 Å². The van der Waals surface area contributed by atoms with E-state index >= 15 is 0 Å². The van der Waals surface area contributed by atoms with Gasteiger partial charge < -0.3 is 14.9 Å². The Morgan fingerprint density at radius 2 is 2.10 bits per heavy atom. The molecule has 2 N–H and O–H groups in total. The van der Waals surface area contributed by atoms with Crippen LogP contribution in [0.15, 0.2) is 41.1 Å². The van der Waals surface area contributed by atoms with Gasteiger partial charge in [0.15, 0.2) is 0 Å². The van der Waals surface area contributed by atoms with Crippen LogP contribution < -0.4 is 5.32 Å². The standard InChI is InChI=1S/C13H13F3N2O2/c14-13(15,16)10-3-1-2-9(6-10)12(19)8-17-7-11-4-5-18-20-11/h1-6,12,17,19H,7-8H2. The fourth-order valence-electron chi connectivity index (χ4n) is 1.71. The first-order valence-corrected chi connectivity index (χ1v) is 5.92. The number of hydrogen-bond donors (Lipinski definition) is 2. The van der Waals surface area contributed by atoms with E-state index in [2.05, 4.69) is 10.5 Å². The van der Waals surface area contributed by atoms with Crippen molar-refractivity contribution in [1.29, 1.82) is 0 Å². The number of alkyl halides is 3. The highest BCUT2D eigenvalue weighted by atomic mass is 19.4. The average Bonchev–Trinajstić information content (AvgIpc) is 2.91. The number of nitrogens with zero attached hydrogens (tertiary/aromatic N) is 1. The van der Waals surface area contributed by atoms with Gasteiger partial charge in [0.25, 0.3) is 0 Å². The molecule has 4 nitrogen and oxygen atoms in total. The average molecular weight is 286 g/mol. The Morgan fingerprint density at radius 1 is 1.30 bits per heavy atom. The van der Waals surface area contributed by atoms with E-state index in [9.17, 15) is 18.3 Å². The van der Waals surface area contributed by atoms with Crippen molar-refractivity contribution in [3.63, 3.8) is 0 Å². The molecule has 0 saturated carbocycles. The van der Waals surface area contributed by atoms with E-state index in [0.29, 0.717) is 12.3 Å². The SMILES string of the molecule is OC(CNCc1ccno1)c1cccc(C(F)(F)F)c1. The summed E-state index contributed by atoms with van der Waals surface area (Å²) in [6.45, 7) is 0.456. The third-order valence-electron chi connectivity index (χ3n) is 2.73. The van der Waals surface area contributed by atoms with E-state index in [1.165, 1.54) is 18.3 Å². The Balaban J connectivity index is 1.93. The van der Waals surface area contributed by atoms with Gasteiger partial charge in [-0.25, -0.2) is 0 Å². The smallest absolute Gasteiger partial charge is 0.387 e. The van der Waals surface area contributed by atoms with Crippen molar-refractivity contribution in [3.05, 3.63) is 53.4 Å². The Labute approximate surface area is 113 Å². The fourth-order valence-corrected chi connectivity index (χ4v) is 1.71. The summed E-state index contributed by atoms with van der Waals surface area (Å²) in [6.07, 6.45) is -3.95. The van der Waals surface area contributed by atoms with Gasteiger partial charge in [-0.15, -0.1) is 0 Å². The summed E-state index contributed by atoms with van der Waals surface area (Å²) in [5.41, 5.74) is -0.561. The maximum Gasteiger partial charge on any atom is 0.416 e. The lowest BCUT2D eigenvalue weighted by atomic mass is 10.1. The molecular formula is C13H13F3N2O2. The number of aromatic nitrogens is 1. The molecule has 1 unspecified atom stereocenters. The van der Waals surface area contributed by atoms with Crippen molar-refractivity contribution in [1.82, 2.24) is 10.5 Å². The second-order valence-corrected chi connectivity index (χ2v) is 4.25. The summed E-state index contributed by atoms with van der Waals surface area (Å²) >= 11 is 0. The van der Waals surface area contributed by atoms with Crippen LogP contribution in [0, 0.1) is 0 Å². The van der Waals surface area contributed by atoms with Crippen molar-refractivity contribution in [2.24, 2.45) is 0 Å². The highest BCUT2D eigenvalue weighted by Gasteiger charge is 2.30. The first-order valence-electron chi connectivity index (χ1n) is 5.92. The maximum atomic E-state index is 12.6. The molecule has 0 saturated heterocycles. The summed E-state index contributed by atoms with van der Waals surface area (Å²) in [7, 11) is 0. The molecule has 0 bridgehead atoms. The topological polar surface area (TPSA) is 58.3 Å². The molecule has 1 aromatic carbocycles. The van der Waals surface area contributed by atoms with Gasteiger partial charge in [-0.3, -0.25) is 0 Å². The highest BCUT2D eigenvalue weighted by Crippen LogP contribution is 2.30. The number of halogens is 3. The Hall–Kier alpha value is -1.86. The van der Waals surface area contributed by atoms with Crippen molar-refractivity contribution in [2.45, 2.75) is 18.8 Å². The fraction of sp³-hybridized carbons (Fsp3) is 0.308. The molecule has 1 atom stereocenters. The van der Waals surface area contributed by atoms with Gasteiger partial charge in [-0.05, 0) is 17.7 Å². The molecule has 1 heterocycles. The van der Waals surface area contributed by atoms with E-state index in [-0.39, 0.29) is 12.1 Å². The van der Waals surface area contributed by atoms with E-state index in [1.54, 1.807) is 6.07 Å². The van der Waals surface area contributed by atoms with Gasteiger partial charge in [-0.1, -0.05) is 17.3 Å². The predicted molar refractivity (Wildman–Crippen MR) is 64.6 cm³/mol. The predicted octanol–water partition coefficient (Wildman–Crippen LogP) is 2.52. The van der Waals surface area contributed by atoms with Crippen LogP contribution in [0.4, 0.5) is 13.2 Å². The number of benzene rings is 1. The molecule has 0 spiro atoms. The number of aliphatic hydroxyl groups excluding tert-OH is 1. The van der Waals surface area contributed by atoms with Crippen LogP contribution in [0.25, 0.3) is 0 Å². The molecule has 0 radical (unpaired) electrons. The Kier molecular flexibility index (Phi) is 4.41. The quantitative estimate of drug-likeness (QED) is 0.886. The van der Waals surface area contributed by atoms with Gasteiger partial charge in [0, 0.05) is 12.6 Å². The molecule has 1 aromatic heterocycles. The molecule has 20 heavy (non-hydrogen) atoms. The van der Waals surface area contributed by atoms with E-state index in [4.69, 9.17) is 4.52 Å². The third-order valence-corrected chi connectivity index (χ3v) is 2.73. The van der Waals surface area contributed by atoms with Crippen molar-refractivity contribution in [2.75, 3.05) is 6.54 Å². The number of rotatable bonds is 5. The summed E-state index contributed by atoms with van der Waals surface area (Å²) in [4.78, 5) is 0. The van der Waals surface area contributed by atoms with Crippen LogP contribution in [0.5, 0.6) is 0 Å². The molecule has 7 heteroatoms. The van der Waals surface area contributed by atoms with Gasteiger partial charge in [0.05, 0.1) is 24.4 Å². The summed E-state index contributed by atoms with van der Waals surface area (Å²) < 4.78 is 42.5. The maximum absolute atomic E-state index is 12.6. The lowest BCUT2D eigenvalue weighted by Gasteiger charge is -2.14. The van der Waals surface area contributed by atoms with E-state index in [1.807, 2.05) is 0 Å². The largest absolute Gasteiger partial charge is 0.416 e. The summed E-state index contributed by atoms with van der Waals surface area (Å²) in [5, 5.41) is 16.3. The first kappa shape index (κ1) is 14.5. The van der Waals surface area contributed by atoms with Crippen molar-refractivity contribution < 1.29 is 22.8 Å². The van der Waals surface area contributed by atoms with Gasteiger partial charge in [0.2, 0.25) is 0 Å². The van der Waals surface area contributed by atoms with E-state index in [0.717, 1.165) is 12.1 Å². The molecular weight excluding hydrogens is 273 g/mol. The second-order valence-electron chi connectivity index (χ2n) is 4.25. The molecule has 2 rings (SSSR count). The molecule has 2 aromatic rings. The van der Waals surface area contributed by atoms with Crippen LogP contribution >= 0.6 is 0 Å². The molecule has 0 fully saturated rings. The zero-order valence-corrected chi connectivity index (χ0v) is 10.4. The summed E-state index contributed by atoms with van der Waals surface area (Å²) in [5.74, 6) is 0.584. The van der Waals surface area contributed by atoms with Gasteiger partial charge >= 0.3 is 6.18 Å². The van der Waals surface area contributed by atoms with Crippen LogP contribution in [0.2, 0.25) is 0 Å². The monoisotopic (exact) mass is 286 g/mol. The third kappa shape index (κ3) is 3.82. The lowest BCUT2D eigenvalue weighted by molar-refractivity contribution is -0.137. The molecule has 0 amide bonds. The number of hydrogen-bond acceptors (Lipinski definition) is 4. The zero-order valence-electron chi connectivity index (χ0n) is 10.4. The Morgan fingerprint density at radius 3 is 2.75 bits per heavy atom. The molecule has 0 aliphatic heterocycles. The lowest BCUT2D eigenvalue weighted by Crippen LogP contribution is -2.21. The first-order chi connectivity index (χ1) is 9.47. The number of nitrogens with one attached hydrogen (secondary N) is 1. The minimum atomic E-state index is -4.41. The van der Waals surface area contributed by atoms with E-state index < -0.39 is 17.8 Å². The summed E-state index contributed by atoms with van der Waals surface area (Å²) in [6, 6.07) is 6.30. The van der Waals surface area contributed by atoms with Gasteiger partial charge in [0.1, 0.15) is 5.76 Å². The molecule has 0 aliphatic carbocycles. The highest BCUT2D eigenvalue weighted by molar-refractivity contribution is 5.27. The Bertz CT molecular complexity index is 541. The second kappa shape index (κ2) is 6.06. The van der Waals surface area contributed by atoms with Crippen LogP contribution in [-0.2, 0) is 12.7 Å². The van der Waals surface area contributed by atoms with Crippen molar-refractivity contribution >= 4 is 0 Å². The van der Waals surface area contributed by atoms with Crippen LogP contribution in [0.1, 0.15) is 23.0 Å².